The first-order valence-electron chi connectivity index (χ1n) is 8.69. The number of amides is 2. The maximum atomic E-state index is 13.0. The van der Waals surface area contributed by atoms with Gasteiger partial charge in [-0.25, -0.2) is 0 Å². The Morgan fingerprint density at radius 1 is 1.36 bits per heavy atom. The minimum Gasteiger partial charge on any atom is -0.333 e. The van der Waals surface area contributed by atoms with Crippen LogP contribution in [0.3, 0.4) is 0 Å². The lowest BCUT2D eigenvalue weighted by atomic mass is 9.73. The molecule has 0 saturated carbocycles. The number of carbonyl (C=O) groups is 2. The number of rotatable bonds is 3. The Morgan fingerprint density at radius 2 is 2.16 bits per heavy atom. The van der Waals surface area contributed by atoms with Crippen molar-refractivity contribution in [1.82, 2.24) is 20.3 Å². The second kappa shape index (κ2) is 5.68. The third-order valence-corrected chi connectivity index (χ3v) is 5.50. The molecule has 4 rings (SSSR count). The van der Waals surface area contributed by atoms with Crippen LogP contribution in [0.25, 0.3) is 0 Å². The molecule has 1 spiro atoms. The summed E-state index contributed by atoms with van der Waals surface area (Å²) in [4.78, 5) is 27.8. The number of aryl methyl sites for hydroxylation is 1. The van der Waals surface area contributed by atoms with Crippen LogP contribution in [0, 0.1) is 6.92 Å². The van der Waals surface area contributed by atoms with Crippen LogP contribution < -0.4 is 5.32 Å². The Hall–Kier alpha value is -2.70. The summed E-state index contributed by atoms with van der Waals surface area (Å²) in [6, 6.07) is 7.63. The highest BCUT2D eigenvalue weighted by atomic mass is 16.2. The molecule has 1 aromatic heterocycles. The first kappa shape index (κ1) is 15.8. The summed E-state index contributed by atoms with van der Waals surface area (Å²) in [7, 11) is 0. The summed E-state index contributed by atoms with van der Waals surface area (Å²) < 4.78 is 0. The molecule has 7 nitrogen and oxygen atoms in total. The Kier molecular flexibility index (Phi) is 3.59. The maximum Gasteiger partial charge on any atom is 0.276 e. The smallest absolute Gasteiger partial charge is 0.276 e. The van der Waals surface area contributed by atoms with E-state index < -0.39 is 5.41 Å². The molecule has 2 N–H and O–H groups in total. The zero-order chi connectivity index (χ0) is 17.6. The number of benzene rings is 1. The summed E-state index contributed by atoms with van der Waals surface area (Å²) in [6.07, 6.45) is 2.29. The number of H-pyrrole nitrogens is 1. The molecule has 2 aromatic rings. The number of likely N-dealkylation sites (tertiary alicyclic amines) is 1. The topological polar surface area (TPSA) is 91.0 Å². The van der Waals surface area contributed by atoms with Crippen LogP contribution in [0.5, 0.6) is 0 Å². The number of carbonyl (C=O) groups excluding carboxylic acids is 2. The van der Waals surface area contributed by atoms with E-state index in [1.54, 1.807) is 6.92 Å². The lowest BCUT2D eigenvalue weighted by Gasteiger charge is -2.33. The molecular formula is C18H21N5O2. The molecule has 1 aromatic carbocycles. The van der Waals surface area contributed by atoms with E-state index in [1.807, 2.05) is 29.2 Å². The number of fused-ring (bicyclic) bond motifs is 2. The largest absolute Gasteiger partial charge is 0.333 e. The van der Waals surface area contributed by atoms with Gasteiger partial charge in [-0.05, 0) is 31.4 Å². The highest BCUT2D eigenvalue weighted by molar-refractivity contribution is 6.08. The number of hydrogen-bond acceptors (Lipinski definition) is 4. The predicted molar refractivity (Wildman–Crippen MR) is 92.2 cm³/mol. The van der Waals surface area contributed by atoms with Crippen molar-refractivity contribution < 1.29 is 9.59 Å². The van der Waals surface area contributed by atoms with Gasteiger partial charge in [0.25, 0.3) is 5.91 Å². The van der Waals surface area contributed by atoms with E-state index in [0.29, 0.717) is 24.4 Å². The highest BCUT2D eigenvalue weighted by Crippen LogP contribution is 2.49. The van der Waals surface area contributed by atoms with Crippen LogP contribution in [0.1, 0.15) is 47.9 Å². The van der Waals surface area contributed by atoms with Gasteiger partial charge in [-0.3, -0.25) is 9.59 Å². The Morgan fingerprint density at radius 3 is 2.88 bits per heavy atom. The van der Waals surface area contributed by atoms with Crippen LogP contribution in [-0.2, 0) is 10.2 Å². The van der Waals surface area contributed by atoms with Crippen molar-refractivity contribution in [1.29, 1.82) is 0 Å². The van der Waals surface area contributed by atoms with Crippen LogP contribution >= 0.6 is 0 Å². The van der Waals surface area contributed by atoms with Gasteiger partial charge in [-0.2, -0.15) is 15.4 Å². The third-order valence-electron chi connectivity index (χ3n) is 5.50. The van der Waals surface area contributed by atoms with Gasteiger partial charge in [0, 0.05) is 12.2 Å². The van der Waals surface area contributed by atoms with Gasteiger partial charge in [0.2, 0.25) is 5.91 Å². The lowest BCUT2D eigenvalue weighted by molar-refractivity contribution is -0.121. The van der Waals surface area contributed by atoms with Crippen molar-refractivity contribution in [3.05, 3.63) is 41.2 Å². The Bertz CT molecular complexity index is 845. The number of para-hydroxylation sites is 1. The van der Waals surface area contributed by atoms with E-state index in [0.717, 1.165) is 24.1 Å². The third kappa shape index (κ3) is 2.11. The zero-order valence-electron chi connectivity index (χ0n) is 14.4. The molecule has 25 heavy (non-hydrogen) atoms. The van der Waals surface area contributed by atoms with E-state index in [1.165, 1.54) is 0 Å². The summed E-state index contributed by atoms with van der Waals surface area (Å²) in [5.41, 5.74) is 2.12. The van der Waals surface area contributed by atoms with Crippen LogP contribution in [0.4, 0.5) is 5.69 Å². The summed E-state index contributed by atoms with van der Waals surface area (Å²) >= 11 is 0. The molecule has 2 amide bonds. The number of aromatic amines is 1. The molecule has 0 aliphatic carbocycles. The van der Waals surface area contributed by atoms with E-state index in [-0.39, 0.29) is 17.9 Å². The van der Waals surface area contributed by atoms with Gasteiger partial charge in [0.15, 0.2) is 5.69 Å². The Labute approximate surface area is 145 Å². The Balaban J connectivity index is 1.78. The molecule has 0 bridgehead atoms. The fraction of sp³-hybridized carbons (Fsp3) is 0.444. The monoisotopic (exact) mass is 339 g/mol. The SMILES string of the molecule is CCC[C@@H]1N(C(=O)c2n[nH]nc2C)CC[C@]12C(=O)Nc1ccccc12. The molecule has 3 heterocycles. The van der Waals surface area contributed by atoms with Crippen LogP contribution in [0.15, 0.2) is 24.3 Å². The van der Waals surface area contributed by atoms with E-state index >= 15 is 0 Å². The molecule has 2 atom stereocenters. The van der Waals surface area contributed by atoms with Crippen molar-refractivity contribution in [2.75, 3.05) is 11.9 Å². The molecule has 2 aliphatic heterocycles. The maximum absolute atomic E-state index is 13.0. The molecule has 130 valence electrons. The standard InChI is InChI=1S/C18H21N5O2/c1-3-6-14-18(12-7-4-5-8-13(12)19-17(18)25)9-10-23(14)16(24)15-11(2)20-22-21-15/h4-5,7-8,14H,3,6,9-10H2,1-2H3,(H,19,25)(H,20,21,22)/t14-,18+/m0/s1. The quantitative estimate of drug-likeness (QED) is 0.895. The van der Waals surface area contributed by atoms with Gasteiger partial charge >= 0.3 is 0 Å². The second-order valence-electron chi connectivity index (χ2n) is 6.78. The number of nitrogens with zero attached hydrogens (tertiary/aromatic N) is 3. The predicted octanol–water partition coefficient (Wildman–Crippen LogP) is 2.02. The number of hydrogen-bond donors (Lipinski definition) is 2. The molecule has 2 aliphatic rings. The number of anilines is 1. The molecule has 7 heteroatoms. The minimum absolute atomic E-state index is 0.000625. The minimum atomic E-state index is -0.667. The van der Waals surface area contributed by atoms with Crippen LogP contribution in [0.2, 0.25) is 0 Å². The van der Waals surface area contributed by atoms with Crippen molar-refractivity contribution in [3.8, 4) is 0 Å². The molecular weight excluding hydrogens is 318 g/mol. The van der Waals surface area contributed by atoms with Crippen molar-refractivity contribution in [2.24, 2.45) is 0 Å². The zero-order valence-corrected chi connectivity index (χ0v) is 14.4. The normalized spacial score (nSPS) is 24.6. The average molecular weight is 339 g/mol. The van der Waals surface area contributed by atoms with Crippen molar-refractivity contribution in [3.63, 3.8) is 0 Å². The van der Waals surface area contributed by atoms with E-state index in [2.05, 4.69) is 27.7 Å². The average Bonchev–Trinajstić information content (AvgIpc) is 3.27. The van der Waals surface area contributed by atoms with Crippen molar-refractivity contribution >= 4 is 17.5 Å². The van der Waals surface area contributed by atoms with E-state index in [4.69, 9.17) is 0 Å². The van der Waals surface area contributed by atoms with Gasteiger partial charge in [-0.15, -0.1) is 0 Å². The summed E-state index contributed by atoms with van der Waals surface area (Å²) in [5, 5.41) is 13.5. The molecule has 1 saturated heterocycles. The first-order chi connectivity index (χ1) is 12.1. The van der Waals surface area contributed by atoms with Crippen molar-refractivity contribution in [2.45, 2.75) is 44.6 Å². The van der Waals surface area contributed by atoms with Gasteiger partial charge in [0.05, 0.1) is 17.2 Å². The highest BCUT2D eigenvalue weighted by Gasteiger charge is 2.58. The number of aromatic nitrogens is 3. The first-order valence-corrected chi connectivity index (χ1v) is 8.69. The fourth-order valence-corrected chi connectivity index (χ4v) is 4.34. The van der Waals surface area contributed by atoms with E-state index in [9.17, 15) is 9.59 Å². The molecule has 0 unspecified atom stereocenters. The van der Waals surface area contributed by atoms with Gasteiger partial charge in [-0.1, -0.05) is 31.5 Å². The van der Waals surface area contributed by atoms with Gasteiger partial charge < -0.3 is 10.2 Å². The number of nitrogens with one attached hydrogen (secondary N) is 2. The summed E-state index contributed by atoms with van der Waals surface area (Å²) in [6.45, 7) is 4.38. The molecule has 1 fully saturated rings. The fourth-order valence-electron chi connectivity index (χ4n) is 4.34. The second-order valence-corrected chi connectivity index (χ2v) is 6.78. The van der Waals surface area contributed by atoms with Crippen LogP contribution in [-0.4, -0.2) is 44.7 Å². The lowest BCUT2D eigenvalue weighted by Crippen LogP contribution is -2.48. The van der Waals surface area contributed by atoms with Gasteiger partial charge in [0.1, 0.15) is 0 Å². The summed E-state index contributed by atoms with van der Waals surface area (Å²) in [5.74, 6) is -0.155. The molecule has 0 radical (unpaired) electrons.